The smallest absolute Gasteiger partial charge is 0.338 e. The van der Waals surface area contributed by atoms with Gasteiger partial charge in [0.05, 0.1) is 23.4 Å². The van der Waals surface area contributed by atoms with E-state index in [4.69, 9.17) is 14.9 Å². The standard InChI is InChI=1S/C26H19N5O3/c1-2-33-26(32)18-10-8-17(9-11-18)23-13-12-21(34-23)14-19(15-27)24-22(16-28)25(29)31(30-24)20-6-4-3-5-7-20/h3-14H,2,29H2,1H3/b19-14+. The molecule has 0 spiro atoms. The molecule has 4 aromatic rings. The SMILES string of the molecule is CCOC(=O)c1ccc(-c2ccc(/C=C(\C#N)c3nn(-c4ccccc4)c(N)c3C#N)o2)cc1. The Kier molecular flexibility index (Phi) is 6.24. The molecule has 34 heavy (non-hydrogen) atoms. The van der Waals surface area contributed by atoms with Crippen molar-refractivity contribution in [1.82, 2.24) is 9.78 Å². The minimum absolute atomic E-state index is 0.109. The van der Waals surface area contributed by atoms with Crippen molar-refractivity contribution in [3.63, 3.8) is 0 Å². The highest BCUT2D eigenvalue weighted by Gasteiger charge is 2.20. The van der Waals surface area contributed by atoms with E-state index in [1.54, 1.807) is 55.5 Å². The van der Waals surface area contributed by atoms with Crippen LogP contribution in [-0.4, -0.2) is 22.4 Å². The van der Waals surface area contributed by atoms with Gasteiger partial charge in [0.15, 0.2) is 0 Å². The van der Waals surface area contributed by atoms with Crippen molar-refractivity contribution in [1.29, 1.82) is 10.5 Å². The number of ether oxygens (including phenoxy) is 1. The van der Waals surface area contributed by atoms with E-state index in [-0.39, 0.29) is 22.6 Å². The second-order valence-electron chi connectivity index (χ2n) is 7.14. The minimum atomic E-state index is -0.390. The summed E-state index contributed by atoms with van der Waals surface area (Å²) in [4.78, 5) is 11.8. The number of allylic oxidation sites excluding steroid dienone is 1. The van der Waals surface area contributed by atoms with Crippen molar-refractivity contribution >= 4 is 23.4 Å². The first-order valence-electron chi connectivity index (χ1n) is 10.4. The van der Waals surface area contributed by atoms with E-state index in [0.717, 1.165) is 5.56 Å². The topological polar surface area (TPSA) is 131 Å². The number of carbonyl (C=O) groups is 1. The minimum Gasteiger partial charge on any atom is -0.462 e. The number of nitriles is 2. The molecule has 0 aliphatic rings. The van der Waals surface area contributed by atoms with Crippen LogP contribution in [0.2, 0.25) is 0 Å². The van der Waals surface area contributed by atoms with Crippen LogP contribution in [0.3, 0.4) is 0 Å². The molecule has 0 saturated carbocycles. The number of hydrogen-bond donors (Lipinski definition) is 1. The van der Waals surface area contributed by atoms with Gasteiger partial charge in [-0.05, 0) is 43.3 Å². The van der Waals surface area contributed by atoms with Gasteiger partial charge in [-0.25, -0.2) is 9.48 Å². The lowest BCUT2D eigenvalue weighted by molar-refractivity contribution is 0.0526. The maximum absolute atomic E-state index is 11.8. The summed E-state index contributed by atoms with van der Waals surface area (Å²) >= 11 is 0. The number of carbonyl (C=O) groups excluding carboxylic acids is 1. The third kappa shape index (κ3) is 4.29. The Hall–Kier alpha value is -5.08. The monoisotopic (exact) mass is 449 g/mol. The fraction of sp³-hybridized carbons (Fsp3) is 0.0769. The largest absolute Gasteiger partial charge is 0.462 e. The maximum atomic E-state index is 11.8. The highest BCUT2D eigenvalue weighted by molar-refractivity contribution is 5.91. The first kappa shape index (κ1) is 22.1. The highest BCUT2D eigenvalue weighted by atomic mass is 16.5. The van der Waals surface area contributed by atoms with E-state index in [1.807, 2.05) is 24.3 Å². The van der Waals surface area contributed by atoms with Gasteiger partial charge in [0.25, 0.3) is 0 Å². The van der Waals surface area contributed by atoms with E-state index < -0.39 is 5.97 Å². The second-order valence-corrected chi connectivity index (χ2v) is 7.14. The number of esters is 1. The number of nitrogen functional groups attached to an aromatic ring is 1. The van der Waals surface area contributed by atoms with Crippen molar-refractivity contribution < 1.29 is 13.9 Å². The molecule has 0 radical (unpaired) electrons. The fourth-order valence-electron chi connectivity index (χ4n) is 3.36. The zero-order valence-corrected chi connectivity index (χ0v) is 18.2. The number of nitrogens with two attached hydrogens (primary N) is 1. The summed E-state index contributed by atoms with van der Waals surface area (Å²) < 4.78 is 12.3. The molecule has 0 bridgehead atoms. The molecule has 2 aromatic heterocycles. The molecule has 2 aromatic carbocycles. The van der Waals surface area contributed by atoms with Crippen LogP contribution in [0.1, 0.15) is 34.3 Å². The first-order chi connectivity index (χ1) is 16.5. The van der Waals surface area contributed by atoms with Gasteiger partial charge in [-0.1, -0.05) is 30.3 Å². The quantitative estimate of drug-likeness (QED) is 0.329. The van der Waals surface area contributed by atoms with Crippen LogP contribution in [0.25, 0.3) is 28.7 Å². The van der Waals surface area contributed by atoms with E-state index >= 15 is 0 Å². The van der Waals surface area contributed by atoms with E-state index in [1.165, 1.54) is 10.8 Å². The number of anilines is 1. The van der Waals surface area contributed by atoms with Crippen LogP contribution in [0.15, 0.2) is 71.1 Å². The number of nitrogens with zero attached hydrogens (tertiary/aromatic N) is 4. The zero-order chi connectivity index (χ0) is 24.1. The molecule has 0 fully saturated rings. The average Bonchev–Trinajstić information content (AvgIpc) is 3.47. The van der Waals surface area contributed by atoms with Gasteiger partial charge >= 0.3 is 5.97 Å². The molecule has 0 aliphatic carbocycles. The number of hydrogen-bond acceptors (Lipinski definition) is 7. The van der Waals surface area contributed by atoms with Gasteiger partial charge in [-0.15, -0.1) is 0 Å². The lowest BCUT2D eigenvalue weighted by Crippen LogP contribution is -2.03. The molecule has 2 heterocycles. The molecule has 0 saturated heterocycles. The van der Waals surface area contributed by atoms with Crippen LogP contribution >= 0.6 is 0 Å². The molecule has 0 unspecified atom stereocenters. The van der Waals surface area contributed by atoms with Crippen molar-refractivity contribution in [2.45, 2.75) is 6.92 Å². The van der Waals surface area contributed by atoms with Gasteiger partial charge in [-0.2, -0.15) is 15.6 Å². The molecule has 0 amide bonds. The molecule has 2 N–H and O–H groups in total. The second kappa shape index (κ2) is 9.60. The molecule has 8 nitrogen and oxygen atoms in total. The van der Waals surface area contributed by atoms with E-state index in [0.29, 0.717) is 29.4 Å². The molecule has 8 heteroatoms. The van der Waals surface area contributed by atoms with Gasteiger partial charge in [0.1, 0.15) is 40.7 Å². The zero-order valence-electron chi connectivity index (χ0n) is 18.2. The molecular formula is C26H19N5O3. The molecule has 0 aliphatic heterocycles. The van der Waals surface area contributed by atoms with Crippen LogP contribution in [0.5, 0.6) is 0 Å². The molecule has 166 valence electrons. The number of rotatable bonds is 6. The summed E-state index contributed by atoms with van der Waals surface area (Å²) in [5, 5.41) is 23.8. The van der Waals surface area contributed by atoms with Crippen LogP contribution in [-0.2, 0) is 4.74 Å². The predicted octanol–water partition coefficient (Wildman–Crippen LogP) is 4.83. The third-order valence-corrected chi connectivity index (χ3v) is 5.00. The van der Waals surface area contributed by atoms with Crippen LogP contribution in [0.4, 0.5) is 5.82 Å². The van der Waals surface area contributed by atoms with E-state index in [9.17, 15) is 15.3 Å². The average molecular weight is 449 g/mol. The third-order valence-electron chi connectivity index (χ3n) is 5.00. The summed E-state index contributed by atoms with van der Waals surface area (Å²) in [6.45, 7) is 2.05. The Balaban J connectivity index is 1.66. The number of aromatic nitrogens is 2. The van der Waals surface area contributed by atoms with Crippen molar-refractivity contribution in [2.75, 3.05) is 12.3 Å². The van der Waals surface area contributed by atoms with E-state index in [2.05, 4.69) is 11.2 Å². The molecular weight excluding hydrogens is 430 g/mol. The Bertz CT molecular complexity index is 1450. The summed E-state index contributed by atoms with van der Waals surface area (Å²) in [7, 11) is 0. The highest BCUT2D eigenvalue weighted by Crippen LogP contribution is 2.29. The van der Waals surface area contributed by atoms with Gasteiger partial charge in [-0.3, -0.25) is 0 Å². The number of furan rings is 1. The predicted molar refractivity (Wildman–Crippen MR) is 126 cm³/mol. The Labute approximate surface area is 195 Å². The van der Waals surface area contributed by atoms with Gasteiger partial charge in [0.2, 0.25) is 0 Å². The first-order valence-corrected chi connectivity index (χ1v) is 10.4. The van der Waals surface area contributed by atoms with Crippen LogP contribution in [0, 0.1) is 22.7 Å². The molecule has 4 rings (SSSR count). The Morgan fingerprint density at radius 2 is 1.85 bits per heavy atom. The van der Waals surface area contributed by atoms with Crippen molar-refractivity contribution in [2.24, 2.45) is 0 Å². The summed E-state index contributed by atoms with van der Waals surface area (Å²) in [6.07, 6.45) is 1.51. The summed E-state index contributed by atoms with van der Waals surface area (Å²) in [5.41, 5.74) is 8.43. The Morgan fingerprint density at radius 1 is 1.12 bits per heavy atom. The van der Waals surface area contributed by atoms with Gasteiger partial charge < -0.3 is 14.9 Å². The number of benzene rings is 2. The van der Waals surface area contributed by atoms with Crippen LogP contribution < -0.4 is 5.73 Å². The lowest BCUT2D eigenvalue weighted by atomic mass is 10.1. The molecule has 0 atom stereocenters. The normalized spacial score (nSPS) is 11.0. The Morgan fingerprint density at radius 3 is 2.50 bits per heavy atom. The summed E-state index contributed by atoms with van der Waals surface area (Å²) in [5.74, 6) is 0.705. The van der Waals surface area contributed by atoms with Gasteiger partial charge in [0, 0.05) is 11.6 Å². The van der Waals surface area contributed by atoms with Crippen molar-refractivity contribution in [3.05, 3.63) is 89.3 Å². The number of para-hydroxylation sites is 1. The lowest BCUT2D eigenvalue weighted by Gasteiger charge is -2.02. The fourth-order valence-corrected chi connectivity index (χ4v) is 3.36. The maximum Gasteiger partial charge on any atom is 0.338 e. The van der Waals surface area contributed by atoms with Crippen molar-refractivity contribution in [3.8, 4) is 29.1 Å². The summed E-state index contributed by atoms with van der Waals surface area (Å²) in [6, 6.07) is 23.5.